The second-order valence-electron chi connectivity index (χ2n) is 8.64. The van der Waals surface area contributed by atoms with Gasteiger partial charge in [-0.05, 0) is 41.7 Å². The maximum atomic E-state index is 12.7. The van der Waals surface area contributed by atoms with E-state index in [2.05, 4.69) is 53.3 Å². The highest BCUT2D eigenvalue weighted by molar-refractivity contribution is 5.98. The summed E-state index contributed by atoms with van der Waals surface area (Å²) in [7, 11) is 0. The highest BCUT2D eigenvalue weighted by Crippen LogP contribution is 2.26. The molecule has 2 N–H and O–H groups in total. The van der Waals surface area contributed by atoms with Crippen LogP contribution >= 0.6 is 0 Å². The van der Waals surface area contributed by atoms with Crippen LogP contribution in [-0.2, 0) is 11.8 Å². The molecule has 0 aliphatic carbocycles. The normalized spacial score (nSPS) is 12.8. The van der Waals surface area contributed by atoms with E-state index in [1.54, 1.807) is 0 Å². The van der Waals surface area contributed by atoms with E-state index in [4.69, 9.17) is 4.52 Å². The van der Waals surface area contributed by atoms with Gasteiger partial charge in [-0.25, -0.2) is 0 Å². The monoisotopic (exact) mass is 402 g/mol. The standard InChI is InChI=1S/C24H26N4O2/c1-15(23-27-21(28-30-23)12-16-8-6-5-7-9-16)25-22(29)20-14-17-13-18(24(2,3)4)10-11-19(17)26-20/h5-11,13-15,26H,12H2,1-4H3,(H,25,29). The zero-order valence-corrected chi connectivity index (χ0v) is 17.7. The number of nitrogens with zero attached hydrogens (tertiary/aromatic N) is 2. The van der Waals surface area contributed by atoms with Gasteiger partial charge in [0.2, 0.25) is 5.89 Å². The molecule has 0 saturated carbocycles. The second kappa shape index (κ2) is 7.78. The number of hydrogen-bond acceptors (Lipinski definition) is 4. The molecule has 0 spiro atoms. The van der Waals surface area contributed by atoms with Crippen LogP contribution in [-0.4, -0.2) is 21.0 Å². The number of fused-ring (bicyclic) bond motifs is 1. The topological polar surface area (TPSA) is 83.8 Å². The molecule has 0 bridgehead atoms. The van der Waals surface area contributed by atoms with Gasteiger partial charge in [-0.15, -0.1) is 0 Å². The summed E-state index contributed by atoms with van der Waals surface area (Å²) in [6.45, 7) is 8.35. The fourth-order valence-electron chi connectivity index (χ4n) is 3.35. The largest absolute Gasteiger partial charge is 0.351 e. The average Bonchev–Trinajstić information content (AvgIpc) is 3.34. The quantitative estimate of drug-likeness (QED) is 0.496. The van der Waals surface area contributed by atoms with Gasteiger partial charge in [-0.1, -0.05) is 62.3 Å². The Morgan fingerprint density at radius 3 is 2.63 bits per heavy atom. The van der Waals surface area contributed by atoms with Gasteiger partial charge in [-0.2, -0.15) is 4.98 Å². The molecule has 2 aromatic carbocycles. The molecule has 4 aromatic rings. The molecule has 1 amide bonds. The number of aromatic amines is 1. The lowest BCUT2D eigenvalue weighted by Crippen LogP contribution is -2.27. The molecule has 0 saturated heterocycles. The van der Waals surface area contributed by atoms with Crippen LogP contribution in [0.1, 0.15) is 67.1 Å². The van der Waals surface area contributed by atoms with Crippen LogP contribution < -0.4 is 5.32 Å². The number of rotatable bonds is 5. The summed E-state index contributed by atoms with van der Waals surface area (Å²) in [6.07, 6.45) is 0.586. The van der Waals surface area contributed by atoms with E-state index >= 15 is 0 Å². The van der Waals surface area contributed by atoms with Crippen LogP contribution in [0.5, 0.6) is 0 Å². The number of H-pyrrole nitrogens is 1. The van der Waals surface area contributed by atoms with Gasteiger partial charge in [-0.3, -0.25) is 4.79 Å². The fraction of sp³-hybridized carbons (Fsp3) is 0.292. The Balaban J connectivity index is 1.46. The van der Waals surface area contributed by atoms with E-state index in [0.717, 1.165) is 16.5 Å². The number of carbonyl (C=O) groups excluding carboxylic acids is 1. The number of amides is 1. The van der Waals surface area contributed by atoms with Gasteiger partial charge in [0, 0.05) is 17.3 Å². The maximum Gasteiger partial charge on any atom is 0.268 e. The lowest BCUT2D eigenvalue weighted by molar-refractivity contribution is 0.0928. The highest BCUT2D eigenvalue weighted by Gasteiger charge is 2.20. The predicted octanol–water partition coefficient (Wildman–Crippen LogP) is 4.93. The predicted molar refractivity (Wildman–Crippen MR) is 116 cm³/mol. The van der Waals surface area contributed by atoms with Crippen LogP contribution in [0.15, 0.2) is 59.1 Å². The number of nitrogens with one attached hydrogen (secondary N) is 2. The van der Waals surface area contributed by atoms with E-state index in [1.807, 2.05) is 49.4 Å². The Morgan fingerprint density at radius 2 is 1.90 bits per heavy atom. The van der Waals surface area contributed by atoms with E-state index in [0.29, 0.717) is 23.8 Å². The van der Waals surface area contributed by atoms with Crippen molar-refractivity contribution in [2.75, 3.05) is 0 Å². The van der Waals surface area contributed by atoms with Crippen molar-refractivity contribution in [3.8, 4) is 0 Å². The molecule has 0 aliphatic heterocycles. The van der Waals surface area contributed by atoms with Crippen molar-refractivity contribution in [1.82, 2.24) is 20.4 Å². The fourth-order valence-corrected chi connectivity index (χ4v) is 3.35. The van der Waals surface area contributed by atoms with Crippen LogP contribution in [0.2, 0.25) is 0 Å². The number of hydrogen-bond donors (Lipinski definition) is 2. The van der Waals surface area contributed by atoms with Gasteiger partial charge in [0.05, 0.1) is 0 Å². The molecule has 1 unspecified atom stereocenters. The summed E-state index contributed by atoms with van der Waals surface area (Å²) in [5.41, 5.74) is 3.83. The average molecular weight is 402 g/mol. The first kappa shape index (κ1) is 19.9. The molecule has 154 valence electrons. The summed E-state index contributed by atoms with van der Waals surface area (Å²) >= 11 is 0. The first-order chi connectivity index (χ1) is 14.3. The van der Waals surface area contributed by atoms with Gasteiger partial charge in [0.1, 0.15) is 11.7 Å². The minimum Gasteiger partial charge on any atom is -0.351 e. The first-order valence-corrected chi connectivity index (χ1v) is 10.1. The summed E-state index contributed by atoms with van der Waals surface area (Å²) in [5, 5.41) is 7.98. The van der Waals surface area contributed by atoms with E-state index < -0.39 is 6.04 Å². The van der Waals surface area contributed by atoms with Crippen molar-refractivity contribution in [1.29, 1.82) is 0 Å². The third kappa shape index (κ3) is 4.27. The molecule has 30 heavy (non-hydrogen) atoms. The van der Waals surface area contributed by atoms with Crippen LogP contribution in [0, 0.1) is 0 Å². The molecule has 1 atom stereocenters. The van der Waals surface area contributed by atoms with Crippen molar-refractivity contribution in [2.45, 2.75) is 45.6 Å². The Kier molecular flexibility index (Phi) is 5.16. The van der Waals surface area contributed by atoms with Gasteiger partial charge in [0.25, 0.3) is 5.91 Å². The van der Waals surface area contributed by atoms with Gasteiger partial charge < -0.3 is 14.8 Å². The number of carbonyl (C=O) groups is 1. The highest BCUT2D eigenvalue weighted by atomic mass is 16.5. The molecule has 0 fully saturated rings. The summed E-state index contributed by atoms with van der Waals surface area (Å²) in [5.74, 6) is 0.775. The summed E-state index contributed by atoms with van der Waals surface area (Å²) in [4.78, 5) is 20.4. The van der Waals surface area contributed by atoms with E-state index in [9.17, 15) is 4.79 Å². The second-order valence-corrected chi connectivity index (χ2v) is 8.64. The summed E-state index contributed by atoms with van der Waals surface area (Å²) < 4.78 is 5.36. The molecule has 0 radical (unpaired) electrons. The zero-order chi connectivity index (χ0) is 21.3. The molecule has 4 rings (SSSR count). The summed E-state index contributed by atoms with van der Waals surface area (Å²) in [6, 6.07) is 17.7. The van der Waals surface area contributed by atoms with Gasteiger partial charge in [0.15, 0.2) is 5.82 Å². The smallest absolute Gasteiger partial charge is 0.268 e. The minimum atomic E-state index is -0.397. The minimum absolute atomic E-state index is 0.0534. The van der Waals surface area contributed by atoms with Gasteiger partial charge >= 0.3 is 0 Å². The number of aromatic nitrogens is 3. The third-order valence-electron chi connectivity index (χ3n) is 5.14. The molecule has 0 aliphatic rings. The molecule has 2 aromatic heterocycles. The molecule has 2 heterocycles. The SMILES string of the molecule is CC(NC(=O)c1cc2cc(C(C)(C)C)ccc2[nH]1)c1nc(Cc2ccccc2)no1. The van der Waals surface area contributed by atoms with Crippen molar-refractivity contribution in [2.24, 2.45) is 0 Å². The van der Waals surface area contributed by atoms with Crippen molar-refractivity contribution in [3.63, 3.8) is 0 Å². The Bertz CT molecular complexity index is 1170. The lowest BCUT2D eigenvalue weighted by atomic mass is 9.86. The van der Waals surface area contributed by atoms with E-state index in [1.165, 1.54) is 5.56 Å². The van der Waals surface area contributed by atoms with Crippen molar-refractivity contribution in [3.05, 3.63) is 83.1 Å². The van der Waals surface area contributed by atoms with Crippen LogP contribution in [0.4, 0.5) is 0 Å². The number of benzene rings is 2. The van der Waals surface area contributed by atoms with Crippen molar-refractivity contribution < 1.29 is 9.32 Å². The first-order valence-electron chi connectivity index (χ1n) is 10.1. The zero-order valence-electron chi connectivity index (χ0n) is 17.7. The Hall–Kier alpha value is -3.41. The molecule has 6 nitrogen and oxygen atoms in total. The lowest BCUT2D eigenvalue weighted by Gasteiger charge is -2.18. The van der Waals surface area contributed by atoms with Crippen molar-refractivity contribution >= 4 is 16.8 Å². The maximum absolute atomic E-state index is 12.7. The van der Waals surface area contributed by atoms with Crippen LogP contribution in [0.3, 0.4) is 0 Å². The Morgan fingerprint density at radius 1 is 1.13 bits per heavy atom. The molecular formula is C24H26N4O2. The molecule has 6 heteroatoms. The molecular weight excluding hydrogens is 376 g/mol. The third-order valence-corrected chi connectivity index (χ3v) is 5.14. The Labute approximate surface area is 175 Å². The van der Waals surface area contributed by atoms with Crippen LogP contribution in [0.25, 0.3) is 10.9 Å². The van der Waals surface area contributed by atoms with E-state index in [-0.39, 0.29) is 11.3 Å².